The number of aromatic amines is 1. The first-order chi connectivity index (χ1) is 10.9. The number of hydrogen-bond donors (Lipinski definition) is 1. The molecule has 0 bridgehead atoms. The summed E-state index contributed by atoms with van der Waals surface area (Å²) < 4.78 is 2.61. The first-order valence-corrected chi connectivity index (χ1v) is 7.27. The fourth-order valence-corrected chi connectivity index (χ4v) is 2.69. The van der Waals surface area contributed by atoms with Crippen molar-refractivity contribution in [2.24, 2.45) is 0 Å². The highest BCUT2D eigenvalue weighted by atomic mass is 16.2. The molecule has 118 valence electrons. The van der Waals surface area contributed by atoms with Crippen molar-refractivity contribution in [1.82, 2.24) is 19.1 Å². The number of hydrogen-bond acceptors (Lipinski definition) is 4. The molecule has 0 fully saturated rings. The van der Waals surface area contributed by atoms with E-state index in [4.69, 9.17) is 0 Å². The molecule has 2 heterocycles. The first kappa shape index (κ1) is 15.0. The van der Waals surface area contributed by atoms with Gasteiger partial charge in [-0.15, -0.1) is 0 Å². The van der Waals surface area contributed by atoms with Crippen molar-refractivity contribution in [3.8, 4) is 5.69 Å². The van der Waals surface area contributed by atoms with Gasteiger partial charge in [-0.25, -0.2) is 14.3 Å². The zero-order valence-corrected chi connectivity index (χ0v) is 13.1. The number of nitrogens with zero attached hydrogens (tertiary/aromatic N) is 3. The van der Waals surface area contributed by atoms with Crippen molar-refractivity contribution in [1.29, 1.82) is 0 Å². The lowest BCUT2D eigenvalue weighted by molar-refractivity contribution is 0.639. The van der Waals surface area contributed by atoms with Crippen LogP contribution in [0.3, 0.4) is 0 Å². The van der Waals surface area contributed by atoms with Gasteiger partial charge in [-0.1, -0.05) is 0 Å². The maximum Gasteiger partial charge on any atom is 0.335 e. The lowest BCUT2D eigenvalue weighted by Gasteiger charge is -2.11. The number of fused-ring (bicyclic) bond motifs is 1. The summed E-state index contributed by atoms with van der Waals surface area (Å²) in [6.45, 7) is 5.71. The van der Waals surface area contributed by atoms with Crippen LogP contribution in [0.25, 0.3) is 16.6 Å². The topological polar surface area (TPSA) is 89.8 Å². The molecule has 0 aliphatic heterocycles. The van der Waals surface area contributed by atoms with Crippen LogP contribution < -0.4 is 16.8 Å². The highest BCUT2D eigenvalue weighted by molar-refractivity contribution is 5.79. The molecule has 0 amide bonds. The molecule has 23 heavy (non-hydrogen) atoms. The Balaban J connectivity index is 2.36. The van der Waals surface area contributed by atoms with Gasteiger partial charge in [-0.05, 0) is 39.0 Å². The normalized spacial score (nSPS) is 11.1. The van der Waals surface area contributed by atoms with Crippen LogP contribution in [0.2, 0.25) is 0 Å². The smallest absolute Gasteiger partial charge is 0.310 e. The van der Waals surface area contributed by atoms with Gasteiger partial charge in [0.25, 0.3) is 11.1 Å². The summed E-state index contributed by atoms with van der Waals surface area (Å²) >= 11 is 0. The van der Waals surface area contributed by atoms with Crippen LogP contribution in [-0.4, -0.2) is 19.1 Å². The van der Waals surface area contributed by atoms with Gasteiger partial charge >= 0.3 is 5.69 Å². The van der Waals surface area contributed by atoms with Gasteiger partial charge in [0, 0.05) is 18.3 Å². The summed E-state index contributed by atoms with van der Waals surface area (Å²) in [5.74, 6) is 0.474. The number of aromatic nitrogens is 4. The number of benzene rings is 1. The largest absolute Gasteiger partial charge is 0.335 e. The Morgan fingerprint density at radius 1 is 1.13 bits per heavy atom. The van der Waals surface area contributed by atoms with E-state index in [1.165, 1.54) is 10.6 Å². The van der Waals surface area contributed by atoms with Crippen molar-refractivity contribution >= 4 is 10.9 Å². The summed E-state index contributed by atoms with van der Waals surface area (Å²) in [4.78, 5) is 43.6. The van der Waals surface area contributed by atoms with E-state index in [0.29, 0.717) is 34.7 Å². The SMILES string of the molecule is CCn1c(C)cc(=O)n(-c2ccc3c(=O)[nH]c(C)nc3c2)c1=O. The summed E-state index contributed by atoms with van der Waals surface area (Å²) in [6, 6.07) is 6.14. The molecule has 0 aliphatic rings. The Morgan fingerprint density at radius 3 is 2.57 bits per heavy atom. The summed E-state index contributed by atoms with van der Waals surface area (Å²) in [5.41, 5.74) is 0.397. The van der Waals surface area contributed by atoms with Crippen molar-refractivity contribution in [3.63, 3.8) is 0 Å². The number of H-pyrrole nitrogens is 1. The maximum absolute atomic E-state index is 12.5. The molecule has 3 aromatic rings. The third-order valence-electron chi connectivity index (χ3n) is 3.78. The van der Waals surface area contributed by atoms with Crippen LogP contribution in [0.15, 0.2) is 38.6 Å². The predicted octanol–water partition coefficient (Wildman–Crippen LogP) is 0.872. The Bertz CT molecular complexity index is 1090. The predicted molar refractivity (Wildman–Crippen MR) is 87.4 cm³/mol. The van der Waals surface area contributed by atoms with Crippen LogP contribution in [0.5, 0.6) is 0 Å². The van der Waals surface area contributed by atoms with E-state index in [9.17, 15) is 14.4 Å². The molecular weight excluding hydrogens is 296 g/mol. The van der Waals surface area contributed by atoms with E-state index in [2.05, 4.69) is 9.97 Å². The minimum absolute atomic E-state index is 0.249. The highest BCUT2D eigenvalue weighted by Gasteiger charge is 2.11. The van der Waals surface area contributed by atoms with Crippen molar-refractivity contribution in [2.45, 2.75) is 27.3 Å². The van der Waals surface area contributed by atoms with Gasteiger partial charge in [-0.2, -0.15) is 0 Å². The molecule has 0 spiro atoms. The van der Waals surface area contributed by atoms with E-state index in [0.717, 1.165) is 4.57 Å². The molecule has 0 aliphatic carbocycles. The number of rotatable bonds is 2. The Morgan fingerprint density at radius 2 is 1.87 bits per heavy atom. The lowest BCUT2D eigenvalue weighted by Crippen LogP contribution is -2.39. The zero-order valence-electron chi connectivity index (χ0n) is 13.1. The molecule has 0 radical (unpaired) electrons. The summed E-state index contributed by atoms with van der Waals surface area (Å²) in [5, 5.41) is 0.412. The molecule has 0 unspecified atom stereocenters. The number of nitrogens with one attached hydrogen (secondary N) is 1. The molecule has 7 heteroatoms. The van der Waals surface area contributed by atoms with E-state index in [1.54, 1.807) is 32.0 Å². The molecule has 3 rings (SSSR count). The van der Waals surface area contributed by atoms with Crippen LogP contribution >= 0.6 is 0 Å². The van der Waals surface area contributed by atoms with Gasteiger partial charge in [0.05, 0.1) is 16.6 Å². The Hall–Kier alpha value is -2.96. The van der Waals surface area contributed by atoms with Crippen LogP contribution in [0, 0.1) is 13.8 Å². The molecular formula is C16H16N4O3. The molecule has 2 aromatic heterocycles. The third-order valence-corrected chi connectivity index (χ3v) is 3.78. The molecule has 0 saturated carbocycles. The molecule has 7 nitrogen and oxygen atoms in total. The fourth-order valence-electron chi connectivity index (χ4n) is 2.69. The zero-order chi connectivity index (χ0) is 16.7. The van der Waals surface area contributed by atoms with Crippen molar-refractivity contribution in [2.75, 3.05) is 0 Å². The molecule has 0 atom stereocenters. The Kier molecular flexibility index (Phi) is 3.48. The summed E-state index contributed by atoms with van der Waals surface area (Å²) in [6.07, 6.45) is 0. The standard InChI is InChI=1S/C16H16N4O3/c1-4-19-9(2)7-14(21)20(16(19)23)11-5-6-12-13(8-11)17-10(3)18-15(12)22/h5-8H,4H2,1-3H3,(H,17,18,22). The second kappa shape index (κ2) is 5.35. The molecule has 1 N–H and O–H groups in total. The minimum Gasteiger partial charge on any atom is -0.310 e. The van der Waals surface area contributed by atoms with E-state index < -0.39 is 11.2 Å². The monoisotopic (exact) mass is 312 g/mol. The van der Waals surface area contributed by atoms with E-state index in [-0.39, 0.29) is 5.56 Å². The maximum atomic E-state index is 12.5. The molecule has 1 aromatic carbocycles. The number of aryl methyl sites for hydroxylation is 2. The Labute approximate surface area is 130 Å². The average molecular weight is 312 g/mol. The average Bonchev–Trinajstić information content (AvgIpc) is 2.46. The first-order valence-electron chi connectivity index (χ1n) is 7.27. The quantitative estimate of drug-likeness (QED) is 0.760. The van der Waals surface area contributed by atoms with Crippen molar-refractivity contribution < 1.29 is 0 Å². The second-order valence-electron chi connectivity index (χ2n) is 5.34. The lowest BCUT2D eigenvalue weighted by atomic mass is 10.2. The van der Waals surface area contributed by atoms with Gasteiger partial charge in [0.1, 0.15) is 5.82 Å². The minimum atomic E-state index is -0.405. The molecule has 0 saturated heterocycles. The van der Waals surface area contributed by atoms with Crippen molar-refractivity contribution in [3.05, 3.63) is 67.0 Å². The highest BCUT2D eigenvalue weighted by Crippen LogP contribution is 2.12. The van der Waals surface area contributed by atoms with Gasteiger partial charge in [0.15, 0.2) is 0 Å². The fraction of sp³-hybridized carbons (Fsp3) is 0.250. The van der Waals surface area contributed by atoms with E-state index in [1.807, 2.05) is 6.92 Å². The van der Waals surface area contributed by atoms with Gasteiger partial charge in [-0.3, -0.25) is 14.2 Å². The van der Waals surface area contributed by atoms with Crippen LogP contribution in [0.1, 0.15) is 18.4 Å². The van der Waals surface area contributed by atoms with E-state index >= 15 is 0 Å². The van der Waals surface area contributed by atoms with Gasteiger partial charge < -0.3 is 4.98 Å². The second-order valence-corrected chi connectivity index (χ2v) is 5.34. The summed E-state index contributed by atoms with van der Waals surface area (Å²) in [7, 11) is 0. The van der Waals surface area contributed by atoms with Crippen LogP contribution in [0.4, 0.5) is 0 Å². The van der Waals surface area contributed by atoms with Crippen LogP contribution in [-0.2, 0) is 6.54 Å². The van der Waals surface area contributed by atoms with Gasteiger partial charge in [0.2, 0.25) is 0 Å². The third kappa shape index (κ3) is 2.40.